The molecule has 0 N–H and O–H groups in total. The van der Waals surface area contributed by atoms with Crippen molar-refractivity contribution in [2.75, 3.05) is 51.3 Å². The molecule has 3 aliphatic heterocycles. The Morgan fingerprint density at radius 2 is 1.75 bits per heavy atom. The minimum absolute atomic E-state index is 0.0483. The Morgan fingerprint density at radius 1 is 1.03 bits per heavy atom. The lowest BCUT2D eigenvalue weighted by atomic mass is 9.92. The van der Waals surface area contributed by atoms with Crippen molar-refractivity contribution in [2.24, 2.45) is 11.8 Å². The maximum absolute atomic E-state index is 13.5. The summed E-state index contributed by atoms with van der Waals surface area (Å²) in [6, 6.07) is 5.35. The van der Waals surface area contributed by atoms with E-state index in [9.17, 15) is 19.2 Å². The predicted molar refractivity (Wildman–Crippen MR) is 134 cm³/mol. The molecule has 2 atom stereocenters. The summed E-state index contributed by atoms with van der Waals surface area (Å²) < 4.78 is 10.6. The van der Waals surface area contributed by atoms with Gasteiger partial charge in [-0.25, -0.2) is 0 Å². The number of carbonyl (C=O) groups excluding carboxylic acids is 4. The van der Waals surface area contributed by atoms with Crippen LogP contribution in [-0.4, -0.2) is 85.5 Å². The van der Waals surface area contributed by atoms with Crippen LogP contribution in [0.4, 0.5) is 5.69 Å². The average molecular weight is 500 g/mol. The number of carbonyl (C=O) groups is 4. The molecular formula is C27H37N3O6. The number of benzene rings is 1. The van der Waals surface area contributed by atoms with Crippen molar-refractivity contribution in [3.63, 3.8) is 0 Å². The zero-order chi connectivity index (χ0) is 26.0. The maximum atomic E-state index is 13.5. The first kappa shape index (κ1) is 26.1. The van der Waals surface area contributed by atoms with Gasteiger partial charge in [0.25, 0.3) is 11.8 Å². The van der Waals surface area contributed by atoms with Crippen molar-refractivity contribution in [1.82, 2.24) is 9.80 Å². The molecular weight excluding hydrogens is 462 g/mol. The van der Waals surface area contributed by atoms with E-state index in [1.54, 1.807) is 31.1 Å². The van der Waals surface area contributed by atoms with Crippen LogP contribution in [0, 0.1) is 11.8 Å². The molecule has 1 aromatic carbocycles. The third-order valence-corrected chi connectivity index (χ3v) is 7.53. The molecule has 0 spiro atoms. The number of hydrogen-bond donors (Lipinski definition) is 0. The summed E-state index contributed by atoms with van der Waals surface area (Å²) in [5.41, 5.74) is 0.838. The Balaban J connectivity index is 1.50. The number of anilines is 1. The van der Waals surface area contributed by atoms with Crippen molar-refractivity contribution < 1.29 is 28.7 Å². The number of fused-ring (bicyclic) bond motifs is 1. The lowest BCUT2D eigenvalue weighted by molar-refractivity contribution is -0.152. The van der Waals surface area contributed by atoms with Gasteiger partial charge in [0.15, 0.2) is 0 Å². The number of likely N-dealkylation sites (tertiary alicyclic amines) is 1. The van der Waals surface area contributed by atoms with E-state index >= 15 is 0 Å². The molecule has 4 rings (SSSR count). The van der Waals surface area contributed by atoms with Crippen LogP contribution in [0.2, 0.25) is 0 Å². The number of piperidine rings is 2. The molecule has 0 aromatic heterocycles. The second-order valence-corrected chi connectivity index (χ2v) is 10.5. The summed E-state index contributed by atoms with van der Waals surface area (Å²) >= 11 is 0. The maximum Gasteiger partial charge on any atom is 0.310 e. The second-order valence-electron chi connectivity index (χ2n) is 10.5. The smallest absolute Gasteiger partial charge is 0.310 e. The minimum atomic E-state index is -0.661. The number of ether oxygens (including phenoxy) is 2. The van der Waals surface area contributed by atoms with E-state index in [0.29, 0.717) is 49.6 Å². The van der Waals surface area contributed by atoms with E-state index < -0.39 is 5.60 Å². The van der Waals surface area contributed by atoms with Crippen molar-refractivity contribution in [2.45, 2.75) is 52.1 Å². The molecule has 0 saturated carbocycles. The van der Waals surface area contributed by atoms with E-state index in [1.807, 2.05) is 19.9 Å². The van der Waals surface area contributed by atoms with Gasteiger partial charge in [0.05, 0.1) is 47.4 Å². The van der Waals surface area contributed by atoms with Gasteiger partial charge < -0.3 is 19.3 Å². The van der Waals surface area contributed by atoms with Crippen LogP contribution in [0.15, 0.2) is 18.2 Å². The van der Waals surface area contributed by atoms with Gasteiger partial charge in [-0.3, -0.25) is 24.1 Å². The molecule has 2 unspecified atom stereocenters. The number of hydrogen-bond acceptors (Lipinski definition) is 7. The van der Waals surface area contributed by atoms with Gasteiger partial charge in [-0.2, -0.15) is 0 Å². The second kappa shape index (κ2) is 10.6. The number of esters is 1. The highest BCUT2D eigenvalue weighted by Gasteiger charge is 2.42. The number of methoxy groups -OCH3 is 1. The van der Waals surface area contributed by atoms with Gasteiger partial charge in [-0.05, 0) is 58.6 Å². The van der Waals surface area contributed by atoms with Gasteiger partial charge >= 0.3 is 5.97 Å². The van der Waals surface area contributed by atoms with E-state index in [-0.39, 0.29) is 42.1 Å². The Hall–Kier alpha value is -2.94. The van der Waals surface area contributed by atoms with Crippen LogP contribution >= 0.6 is 0 Å². The minimum Gasteiger partial charge on any atom is -0.466 e. The van der Waals surface area contributed by atoms with E-state index in [2.05, 4.69) is 4.90 Å². The van der Waals surface area contributed by atoms with Crippen LogP contribution in [0.3, 0.4) is 0 Å². The summed E-state index contributed by atoms with van der Waals surface area (Å²) in [4.78, 5) is 57.3. The molecule has 2 saturated heterocycles. The standard InChI is InChI=1S/C27H37N3O6/c1-5-36-26(34)19-10-8-14-29(16-19)23(31)18-9-7-13-28(15-18)21-12-6-11-20-22(21)25(33)30(24(20)32)17-27(2,3)35-4/h6,11-12,18-19H,5,7-10,13-17H2,1-4H3. The first-order chi connectivity index (χ1) is 17.2. The highest BCUT2D eigenvalue weighted by atomic mass is 16.5. The molecule has 196 valence electrons. The zero-order valence-electron chi connectivity index (χ0n) is 21.7. The fourth-order valence-corrected chi connectivity index (χ4v) is 5.45. The number of nitrogens with zero attached hydrogens (tertiary/aromatic N) is 3. The molecule has 3 amide bonds. The highest BCUT2D eigenvalue weighted by Crippen LogP contribution is 2.35. The normalized spacial score (nSPS) is 22.6. The average Bonchev–Trinajstić information content (AvgIpc) is 3.13. The lowest BCUT2D eigenvalue weighted by Crippen LogP contribution is -2.49. The first-order valence-electron chi connectivity index (χ1n) is 12.9. The Bertz CT molecular complexity index is 1040. The largest absolute Gasteiger partial charge is 0.466 e. The summed E-state index contributed by atoms with van der Waals surface area (Å²) in [6.07, 6.45) is 3.08. The van der Waals surface area contributed by atoms with Gasteiger partial charge in [-0.15, -0.1) is 0 Å². The summed E-state index contributed by atoms with van der Waals surface area (Å²) in [6.45, 7) is 8.18. The Labute approximate surface area is 212 Å². The molecule has 0 radical (unpaired) electrons. The van der Waals surface area contributed by atoms with Crippen molar-refractivity contribution in [1.29, 1.82) is 0 Å². The fourth-order valence-electron chi connectivity index (χ4n) is 5.45. The third kappa shape index (κ3) is 5.12. The molecule has 2 fully saturated rings. The number of imide groups is 1. The van der Waals surface area contributed by atoms with Crippen LogP contribution in [0.1, 0.15) is 67.2 Å². The third-order valence-electron chi connectivity index (χ3n) is 7.53. The summed E-state index contributed by atoms with van der Waals surface area (Å²) in [5, 5.41) is 0. The van der Waals surface area contributed by atoms with Crippen LogP contribution in [0.25, 0.3) is 0 Å². The van der Waals surface area contributed by atoms with E-state index in [4.69, 9.17) is 9.47 Å². The Morgan fingerprint density at radius 3 is 2.47 bits per heavy atom. The van der Waals surface area contributed by atoms with Gasteiger partial charge in [0, 0.05) is 33.3 Å². The van der Waals surface area contributed by atoms with Gasteiger partial charge in [0.2, 0.25) is 5.91 Å². The quantitative estimate of drug-likeness (QED) is 0.420. The Kier molecular flexibility index (Phi) is 7.68. The first-order valence-corrected chi connectivity index (χ1v) is 12.9. The van der Waals surface area contributed by atoms with Gasteiger partial charge in [0.1, 0.15) is 0 Å². The van der Waals surface area contributed by atoms with Crippen LogP contribution in [0.5, 0.6) is 0 Å². The van der Waals surface area contributed by atoms with E-state index in [0.717, 1.165) is 25.7 Å². The lowest BCUT2D eigenvalue weighted by Gasteiger charge is -2.39. The number of amides is 3. The van der Waals surface area contributed by atoms with E-state index in [1.165, 1.54) is 4.90 Å². The number of rotatable bonds is 7. The molecule has 3 heterocycles. The highest BCUT2D eigenvalue weighted by molar-refractivity contribution is 6.23. The monoisotopic (exact) mass is 499 g/mol. The SMILES string of the molecule is CCOC(=O)C1CCCN(C(=O)C2CCCN(c3cccc4c3C(=O)N(CC(C)(C)OC)C4=O)C2)C1. The molecule has 9 heteroatoms. The molecule has 0 bridgehead atoms. The van der Waals surface area contributed by atoms with Crippen molar-refractivity contribution in [3.8, 4) is 0 Å². The molecule has 0 aliphatic carbocycles. The zero-order valence-corrected chi connectivity index (χ0v) is 21.7. The van der Waals surface area contributed by atoms with Crippen LogP contribution in [-0.2, 0) is 19.1 Å². The summed E-state index contributed by atoms with van der Waals surface area (Å²) in [7, 11) is 1.56. The summed E-state index contributed by atoms with van der Waals surface area (Å²) in [5.74, 6) is -1.32. The molecule has 9 nitrogen and oxygen atoms in total. The topological polar surface area (TPSA) is 96.5 Å². The van der Waals surface area contributed by atoms with Crippen LogP contribution < -0.4 is 4.90 Å². The molecule has 1 aromatic rings. The van der Waals surface area contributed by atoms with Gasteiger partial charge in [-0.1, -0.05) is 6.07 Å². The fraction of sp³-hybridized carbons (Fsp3) is 0.630. The molecule has 3 aliphatic rings. The van der Waals surface area contributed by atoms with Crippen molar-refractivity contribution in [3.05, 3.63) is 29.3 Å². The molecule has 36 heavy (non-hydrogen) atoms. The predicted octanol–water partition coefficient (Wildman–Crippen LogP) is 2.73. The van der Waals surface area contributed by atoms with Crippen molar-refractivity contribution >= 4 is 29.4 Å².